The molecule has 0 atom stereocenters. The number of allylic oxidation sites excluding steroid dienone is 3. The van der Waals surface area contributed by atoms with Crippen LogP contribution in [0.25, 0.3) is 5.57 Å². The first kappa shape index (κ1) is 24.9. The van der Waals surface area contributed by atoms with Crippen molar-refractivity contribution < 1.29 is 32.2 Å². The van der Waals surface area contributed by atoms with Gasteiger partial charge in [0.15, 0.2) is 5.70 Å². The second-order valence-electron chi connectivity index (χ2n) is 8.92. The van der Waals surface area contributed by atoms with Crippen molar-refractivity contribution in [2.24, 2.45) is 0 Å². The third-order valence-electron chi connectivity index (χ3n) is 6.78. The molecular weight excluding hydrogens is 429 g/mol. The molecule has 1 aromatic heterocycles. The standard InChI is InChI=1S/C24H33BF2N2O4/c1-14-21(10-8-12-32-19(6)30)17(4)28-23(14)16(3)24-15(2)22(11-9-13-33-20(7)31)18(5)29(24)25(28,26)27/h8-13H2,1-7H3. The molecule has 3 rings (SSSR count). The monoisotopic (exact) mass is 462 g/mol. The molecule has 0 fully saturated rings. The van der Waals surface area contributed by atoms with E-state index in [0.717, 1.165) is 27.8 Å². The molecular formula is C24H33BF2N2O4. The third kappa shape index (κ3) is 4.29. The lowest BCUT2D eigenvalue weighted by Crippen LogP contribution is -2.51. The fourth-order valence-electron chi connectivity index (χ4n) is 5.41. The van der Waals surface area contributed by atoms with Crippen LogP contribution in [-0.4, -0.2) is 46.8 Å². The fourth-order valence-corrected chi connectivity index (χ4v) is 5.41. The molecule has 9 heteroatoms. The molecule has 180 valence electrons. The van der Waals surface area contributed by atoms with Crippen LogP contribution in [0.3, 0.4) is 0 Å². The summed E-state index contributed by atoms with van der Waals surface area (Å²) in [6, 6.07) is 0. The Kier molecular flexibility index (Phi) is 7.00. The van der Waals surface area contributed by atoms with Gasteiger partial charge in [-0.25, -0.2) is 0 Å². The van der Waals surface area contributed by atoms with Gasteiger partial charge in [0, 0.05) is 43.2 Å². The maximum atomic E-state index is 16.1. The quantitative estimate of drug-likeness (QED) is 0.319. The fraction of sp³-hybridized carbons (Fsp3) is 0.542. The molecule has 0 aromatic carbocycles. The second-order valence-corrected chi connectivity index (χ2v) is 8.92. The van der Waals surface area contributed by atoms with Gasteiger partial charge in [0.25, 0.3) is 0 Å². The molecule has 0 saturated heterocycles. The van der Waals surface area contributed by atoms with Gasteiger partial charge in [-0.1, -0.05) is 0 Å². The number of hydrogen-bond donors (Lipinski definition) is 0. The molecule has 0 radical (unpaired) electrons. The lowest BCUT2D eigenvalue weighted by Gasteiger charge is -2.33. The van der Waals surface area contributed by atoms with E-state index in [1.807, 2.05) is 20.8 Å². The van der Waals surface area contributed by atoms with Gasteiger partial charge in [0.1, 0.15) is 5.71 Å². The summed E-state index contributed by atoms with van der Waals surface area (Å²) in [7, 11) is 0. The number of aromatic nitrogens is 1. The summed E-state index contributed by atoms with van der Waals surface area (Å²) in [5.74, 6) is -0.680. The van der Waals surface area contributed by atoms with Crippen LogP contribution in [0.15, 0.2) is 16.8 Å². The van der Waals surface area contributed by atoms with Crippen molar-refractivity contribution in [3.8, 4) is 0 Å². The average Bonchev–Trinajstić information content (AvgIpc) is 3.12. The molecule has 0 bridgehead atoms. The first-order valence-electron chi connectivity index (χ1n) is 11.4. The minimum absolute atomic E-state index is 0.272. The molecule has 0 spiro atoms. The zero-order valence-corrected chi connectivity index (χ0v) is 20.6. The predicted octanol–water partition coefficient (Wildman–Crippen LogP) is 4.71. The second kappa shape index (κ2) is 9.27. The summed E-state index contributed by atoms with van der Waals surface area (Å²) in [4.78, 5) is 22.1. The van der Waals surface area contributed by atoms with Crippen LogP contribution in [-0.2, 0) is 25.5 Å². The maximum absolute atomic E-state index is 16.1. The minimum Gasteiger partial charge on any atom is -0.466 e. The Morgan fingerprint density at radius 3 is 2.00 bits per heavy atom. The highest BCUT2D eigenvalue weighted by Crippen LogP contribution is 2.44. The number of rotatable bonds is 8. The summed E-state index contributed by atoms with van der Waals surface area (Å²) < 4.78 is 44.7. The van der Waals surface area contributed by atoms with Gasteiger partial charge < -0.3 is 27.1 Å². The zero-order chi connectivity index (χ0) is 24.7. The SMILES string of the molecule is CC(=O)OCCCC1=C(C)C2=C(C)c3c(C)c(CCCOC(C)=O)c(C)n3[B-](F)(F)[N+]2=C1C. The number of carbonyl (C=O) groups is 2. The van der Waals surface area contributed by atoms with E-state index in [2.05, 4.69) is 0 Å². The highest BCUT2D eigenvalue weighted by molar-refractivity contribution is 6.58. The number of halogens is 2. The van der Waals surface area contributed by atoms with Crippen molar-refractivity contribution in [2.75, 3.05) is 13.2 Å². The van der Waals surface area contributed by atoms with Crippen molar-refractivity contribution in [1.82, 2.24) is 4.48 Å². The maximum Gasteiger partial charge on any atom is 0.737 e. The van der Waals surface area contributed by atoms with E-state index in [4.69, 9.17) is 9.47 Å². The Hall–Kier alpha value is -2.71. The van der Waals surface area contributed by atoms with Crippen molar-refractivity contribution in [2.45, 2.75) is 74.1 Å². The Balaban J connectivity index is 2.01. The van der Waals surface area contributed by atoms with E-state index in [1.54, 1.807) is 13.8 Å². The van der Waals surface area contributed by atoms with E-state index in [9.17, 15) is 9.59 Å². The van der Waals surface area contributed by atoms with E-state index in [-0.39, 0.29) is 25.2 Å². The van der Waals surface area contributed by atoms with E-state index in [1.165, 1.54) is 22.8 Å². The van der Waals surface area contributed by atoms with Crippen molar-refractivity contribution in [3.63, 3.8) is 0 Å². The van der Waals surface area contributed by atoms with Crippen LogP contribution >= 0.6 is 0 Å². The van der Waals surface area contributed by atoms with Gasteiger partial charge in [-0.05, 0) is 70.2 Å². The first-order valence-corrected chi connectivity index (χ1v) is 11.4. The molecule has 0 N–H and O–H groups in total. The van der Waals surface area contributed by atoms with Crippen LogP contribution in [0.5, 0.6) is 0 Å². The lowest BCUT2D eigenvalue weighted by atomic mass is 9.86. The number of hydrogen-bond acceptors (Lipinski definition) is 4. The summed E-state index contributed by atoms with van der Waals surface area (Å²) >= 11 is 0. The number of carbonyl (C=O) groups excluding carboxylic acids is 2. The molecule has 0 saturated carbocycles. The molecule has 6 nitrogen and oxygen atoms in total. The van der Waals surface area contributed by atoms with E-state index >= 15 is 8.63 Å². The average molecular weight is 462 g/mol. The topological polar surface area (TPSA) is 60.5 Å². The first-order chi connectivity index (χ1) is 15.4. The van der Waals surface area contributed by atoms with E-state index < -0.39 is 6.97 Å². The molecule has 2 aliphatic rings. The van der Waals surface area contributed by atoms with Gasteiger partial charge in [0.05, 0.1) is 13.2 Å². The molecule has 33 heavy (non-hydrogen) atoms. The van der Waals surface area contributed by atoms with Gasteiger partial charge in [-0.3, -0.25) is 9.59 Å². The number of ether oxygens (including phenoxy) is 2. The van der Waals surface area contributed by atoms with Crippen molar-refractivity contribution >= 4 is 30.2 Å². The lowest BCUT2D eigenvalue weighted by molar-refractivity contribution is -0.363. The Labute approximate surface area is 194 Å². The van der Waals surface area contributed by atoms with Gasteiger partial charge in [0.2, 0.25) is 0 Å². The van der Waals surface area contributed by atoms with Crippen molar-refractivity contribution in [3.05, 3.63) is 39.4 Å². The largest absolute Gasteiger partial charge is 0.737 e. The minimum atomic E-state index is -4.07. The van der Waals surface area contributed by atoms with Gasteiger partial charge >= 0.3 is 18.9 Å². The smallest absolute Gasteiger partial charge is 0.466 e. The number of fused-ring (bicyclic) bond motifs is 2. The highest BCUT2D eigenvalue weighted by Gasteiger charge is 2.56. The number of esters is 2. The Morgan fingerprint density at radius 1 is 0.909 bits per heavy atom. The molecule has 3 heterocycles. The molecule has 0 amide bonds. The van der Waals surface area contributed by atoms with Crippen molar-refractivity contribution in [1.29, 1.82) is 0 Å². The summed E-state index contributed by atoms with van der Waals surface area (Å²) in [6.07, 6.45) is 2.30. The third-order valence-corrected chi connectivity index (χ3v) is 6.78. The molecule has 1 aromatic rings. The van der Waals surface area contributed by atoms with E-state index in [0.29, 0.717) is 48.5 Å². The van der Waals surface area contributed by atoms with Crippen LogP contribution in [0.4, 0.5) is 8.63 Å². The summed E-state index contributed by atoms with van der Waals surface area (Å²) in [5.41, 5.74) is 6.61. The molecule has 2 aliphatic heterocycles. The summed E-state index contributed by atoms with van der Waals surface area (Å²) in [6.45, 7) is 8.39. The summed E-state index contributed by atoms with van der Waals surface area (Å²) in [5, 5.41) is 0. The zero-order valence-electron chi connectivity index (χ0n) is 20.6. The van der Waals surface area contributed by atoms with Crippen LogP contribution in [0.1, 0.15) is 76.4 Å². The molecule has 0 unspecified atom stereocenters. The Bertz CT molecular complexity index is 1110. The predicted molar refractivity (Wildman–Crippen MR) is 124 cm³/mol. The molecule has 0 aliphatic carbocycles. The highest BCUT2D eigenvalue weighted by atomic mass is 19.2. The normalized spacial score (nSPS) is 16.9. The van der Waals surface area contributed by atoms with Crippen LogP contribution in [0, 0.1) is 13.8 Å². The van der Waals surface area contributed by atoms with Gasteiger partial charge in [-0.2, -0.15) is 0 Å². The van der Waals surface area contributed by atoms with Crippen LogP contribution < -0.4 is 0 Å². The number of nitrogens with zero attached hydrogens (tertiary/aromatic N) is 2. The van der Waals surface area contributed by atoms with Crippen LogP contribution in [0.2, 0.25) is 0 Å². The Morgan fingerprint density at radius 2 is 1.45 bits per heavy atom. The van der Waals surface area contributed by atoms with Gasteiger partial charge in [-0.15, -0.1) is 0 Å².